The van der Waals surface area contributed by atoms with Gasteiger partial charge >= 0.3 is 0 Å². The van der Waals surface area contributed by atoms with Gasteiger partial charge in [0.2, 0.25) is 0 Å². The van der Waals surface area contributed by atoms with Crippen molar-refractivity contribution >= 4 is 40.9 Å². The van der Waals surface area contributed by atoms with Crippen LogP contribution in [0.2, 0.25) is 0 Å². The van der Waals surface area contributed by atoms with Crippen LogP contribution in [0.3, 0.4) is 0 Å². The first-order chi connectivity index (χ1) is 6.77. The Morgan fingerprint density at radius 2 is 1.47 bits per heavy atom. The van der Waals surface area contributed by atoms with E-state index in [0.29, 0.717) is 0 Å². The van der Waals surface area contributed by atoms with Crippen molar-refractivity contribution in [3.63, 3.8) is 0 Å². The lowest BCUT2D eigenvalue weighted by molar-refractivity contribution is 0.586. The van der Waals surface area contributed by atoms with Gasteiger partial charge in [-0.05, 0) is 6.42 Å². The van der Waals surface area contributed by atoms with Crippen molar-refractivity contribution in [2.75, 3.05) is 5.75 Å². The highest BCUT2D eigenvalue weighted by Crippen LogP contribution is 2.10. The van der Waals surface area contributed by atoms with Crippen molar-refractivity contribution in [3.8, 4) is 0 Å². The van der Waals surface area contributed by atoms with Gasteiger partial charge in [-0.1, -0.05) is 63.6 Å². The molecule has 0 unspecified atom stereocenters. The van der Waals surface area contributed by atoms with Gasteiger partial charge in [0.25, 0.3) is 0 Å². The third-order valence-corrected chi connectivity index (χ3v) is 3.06. The molecule has 0 aromatic carbocycles. The number of nitrogens with two attached hydrogens (primary N) is 1. The summed E-state index contributed by atoms with van der Waals surface area (Å²) in [6.07, 6.45) is 10.7. The Hall–Kier alpha value is 0.550. The molecule has 0 spiro atoms. The molecule has 0 heterocycles. The average molecular weight is 344 g/mol. The number of hydrogen-bond acceptors (Lipinski definition) is 2. The van der Waals surface area contributed by atoms with Crippen LogP contribution < -0.4 is 5.73 Å². The SMILES string of the molecule is CCCCCCCCCCSC(=N)N.I. The zero-order chi connectivity index (χ0) is 10.6. The van der Waals surface area contributed by atoms with E-state index >= 15 is 0 Å². The van der Waals surface area contributed by atoms with Crippen LogP contribution in [0.1, 0.15) is 58.3 Å². The molecule has 15 heavy (non-hydrogen) atoms. The smallest absolute Gasteiger partial charge is 0.151 e. The number of amidine groups is 1. The summed E-state index contributed by atoms with van der Waals surface area (Å²) in [5, 5.41) is 7.28. The summed E-state index contributed by atoms with van der Waals surface area (Å²) >= 11 is 1.46. The van der Waals surface area contributed by atoms with Crippen LogP contribution in [0.5, 0.6) is 0 Å². The molecule has 0 radical (unpaired) electrons. The molecule has 0 aliphatic heterocycles. The summed E-state index contributed by atoms with van der Waals surface area (Å²) in [6, 6.07) is 0. The third-order valence-electron chi connectivity index (χ3n) is 2.26. The zero-order valence-corrected chi connectivity index (χ0v) is 12.9. The summed E-state index contributed by atoms with van der Waals surface area (Å²) in [5.74, 6) is 1.02. The molecule has 0 aromatic heterocycles. The molecule has 0 saturated carbocycles. The Balaban J connectivity index is 0. The summed E-state index contributed by atoms with van der Waals surface area (Å²) in [5.41, 5.74) is 5.23. The Kier molecular flexibility index (Phi) is 17.4. The number of halogens is 1. The highest BCUT2D eigenvalue weighted by molar-refractivity contribution is 14.0. The molecule has 3 N–H and O–H groups in total. The lowest BCUT2D eigenvalue weighted by Crippen LogP contribution is -2.04. The van der Waals surface area contributed by atoms with E-state index in [-0.39, 0.29) is 29.1 Å². The Labute approximate surface area is 116 Å². The molecule has 0 aliphatic carbocycles. The molecule has 4 heteroatoms. The van der Waals surface area contributed by atoms with E-state index in [1.807, 2.05) is 0 Å². The van der Waals surface area contributed by atoms with Crippen LogP contribution in [-0.2, 0) is 0 Å². The molecule has 0 amide bonds. The quantitative estimate of drug-likeness (QED) is 0.282. The predicted molar refractivity (Wildman–Crippen MR) is 82.4 cm³/mol. The van der Waals surface area contributed by atoms with Gasteiger partial charge in [0.1, 0.15) is 0 Å². The van der Waals surface area contributed by atoms with E-state index in [4.69, 9.17) is 11.1 Å². The number of nitrogens with one attached hydrogen (secondary N) is 1. The molecule has 0 aliphatic rings. The predicted octanol–water partition coefficient (Wildman–Crippen LogP) is 4.37. The molecular formula is C11H25IN2S. The van der Waals surface area contributed by atoms with E-state index in [9.17, 15) is 0 Å². The number of unbranched alkanes of at least 4 members (excludes halogenated alkanes) is 7. The summed E-state index contributed by atoms with van der Waals surface area (Å²) in [4.78, 5) is 0. The van der Waals surface area contributed by atoms with Gasteiger partial charge in [-0.3, -0.25) is 5.41 Å². The van der Waals surface area contributed by atoms with Gasteiger partial charge in [-0.15, -0.1) is 24.0 Å². The van der Waals surface area contributed by atoms with Crippen molar-refractivity contribution in [3.05, 3.63) is 0 Å². The fourth-order valence-corrected chi connectivity index (χ4v) is 1.99. The third kappa shape index (κ3) is 17.2. The molecular weight excluding hydrogens is 319 g/mol. The number of hydrogen-bond donors (Lipinski definition) is 2. The van der Waals surface area contributed by atoms with Crippen molar-refractivity contribution in [1.29, 1.82) is 5.41 Å². The number of thioether (sulfide) groups is 1. The second-order valence-corrected chi connectivity index (χ2v) is 4.82. The summed E-state index contributed by atoms with van der Waals surface area (Å²) < 4.78 is 0. The highest BCUT2D eigenvalue weighted by atomic mass is 127. The molecule has 0 rings (SSSR count). The topological polar surface area (TPSA) is 49.9 Å². The summed E-state index contributed by atoms with van der Waals surface area (Å²) in [7, 11) is 0. The lowest BCUT2D eigenvalue weighted by Gasteiger charge is -2.01. The van der Waals surface area contributed by atoms with E-state index in [1.165, 1.54) is 63.1 Å². The Morgan fingerprint density at radius 1 is 1.00 bits per heavy atom. The normalized spacial score (nSPS) is 9.67. The first-order valence-electron chi connectivity index (χ1n) is 5.74. The molecule has 0 fully saturated rings. The van der Waals surface area contributed by atoms with Crippen molar-refractivity contribution < 1.29 is 0 Å². The molecule has 0 atom stereocenters. The van der Waals surface area contributed by atoms with Gasteiger partial charge in [0, 0.05) is 5.75 Å². The van der Waals surface area contributed by atoms with E-state index in [2.05, 4.69) is 6.92 Å². The maximum absolute atomic E-state index is 7.03. The first kappa shape index (κ1) is 17.9. The molecule has 2 nitrogen and oxygen atoms in total. The minimum atomic E-state index is 0. The first-order valence-corrected chi connectivity index (χ1v) is 6.72. The van der Waals surface area contributed by atoms with Crippen LogP contribution in [0.15, 0.2) is 0 Å². The van der Waals surface area contributed by atoms with E-state index in [0.717, 1.165) is 5.75 Å². The monoisotopic (exact) mass is 344 g/mol. The van der Waals surface area contributed by atoms with Crippen molar-refractivity contribution in [1.82, 2.24) is 0 Å². The molecule has 0 bridgehead atoms. The van der Waals surface area contributed by atoms with Crippen LogP contribution >= 0.6 is 35.7 Å². The molecule has 0 aromatic rings. The van der Waals surface area contributed by atoms with Crippen molar-refractivity contribution in [2.45, 2.75) is 58.3 Å². The number of rotatable bonds is 9. The standard InChI is InChI=1S/C11H24N2S.HI/c1-2-3-4-5-6-7-8-9-10-14-11(12)13;/h2-10H2,1H3,(H3,12,13);1H. The Bertz CT molecular complexity index is 143. The second kappa shape index (κ2) is 14.6. The van der Waals surface area contributed by atoms with Crippen LogP contribution in [0.4, 0.5) is 0 Å². The fraction of sp³-hybridized carbons (Fsp3) is 0.909. The van der Waals surface area contributed by atoms with E-state index in [1.54, 1.807) is 0 Å². The second-order valence-electron chi connectivity index (χ2n) is 3.69. The fourth-order valence-electron chi connectivity index (χ4n) is 1.42. The van der Waals surface area contributed by atoms with Crippen LogP contribution in [0, 0.1) is 5.41 Å². The largest absolute Gasteiger partial charge is 0.379 e. The maximum Gasteiger partial charge on any atom is 0.151 e. The van der Waals surface area contributed by atoms with Crippen LogP contribution in [0.25, 0.3) is 0 Å². The molecule has 92 valence electrons. The average Bonchev–Trinajstić information content (AvgIpc) is 2.15. The van der Waals surface area contributed by atoms with Crippen LogP contribution in [-0.4, -0.2) is 10.9 Å². The van der Waals surface area contributed by atoms with Gasteiger partial charge < -0.3 is 5.73 Å². The van der Waals surface area contributed by atoms with Crippen molar-refractivity contribution in [2.24, 2.45) is 5.73 Å². The van der Waals surface area contributed by atoms with Gasteiger partial charge in [-0.2, -0.15) is 0 Å². The maximum atomic E-state index is 7.03. The molecule has 0 saturated heterocycles. The summed E-state index contributed by atoms with van der Waals surface area (Å²) in [6.45, 7) is 2.25. The van der Waals surface area contributed by atoms with Gasteiger partial charge in [0.15, 0.2) is 5.17 Å². The highest BCUT2D eigenvalue weighted by Gasteiger charge is 1.93. The van der Waals surface area contributed by atoms with Gasteiger partial charge in [-0.25, -0.2) is 0 Å². The van der Waals surface area contributed by atoms with Gasteiger partial charge in [0.05, 0.1) is 0 Å². The Morgan fingerprint density at radius 3 is 1.93 bits per heavy atom. The zero-order valence-electron chi connectivity index (χ0n) is 9.76. The van der Waals surface area contributed by atoms with E-state index < -0.39 is 0 Å². The minimum Gasteiger partial charge on any atom is -0.379 e. The lowest BCUT2D eigenvalue weighted by atomic mass is 10.1. The minimum absolute atomic E-state index is 0.